The van der Waals surface area contributed by atoms with Crippen LogP contribution in [0.5, 0.6) is 5.75 Å². The van der Waals surface area contributed by atoms with Gasteiger partial charge in [0.15, 0.2) is 0 Å². The zero-order chi connectivity index (χ0) is 41.7. The lowest BCUT2D eigenvalue weighted by atomic mass is 9.83. The maximum absolute atomic E-state index is 11.9. The maximum Gasteiger partial charge on any atom is 0.149 e. The average molecular weight is 780 g/mol. The Bertz CT molecular complexity index is 3040. The van der Waals surface area contributed by atoms with Gasteiger partial charge < -0.3 is 5.11 Å². The predicted molar refractivity (Wildman–Crippen MR) is 251 cm³/mol. The van der Waals surface area contributed by atoms with Crippen LogP contribution in [-0.2, 0) is 5.41 Å². The van der Waals surface area contributed by atoms with Crippen LogP contribution in [0, 0.1) is 27.7 Å². The van der Waals surface area contributed by atoms with E-state index in [4.69, 9.17) is 9.97 Å². The number of phenols is 1. The van der Waals surface area contributed by atoms with Gasteiger partial charge in [-0.15, -0.1) is 0 Å². The Morgan fingerprint density at radius 2 is 1.17 bits per heavy atom. The Morgan fingerprint density at radius 1 is 0.483 bits per heavy atom. The number of phenolic OH excluding ortho intramolecular Hbond substituents is 1. The van der Waals surface area contributed by atoms with E-state index in [0.717, 1.165) is 83.6 Å². The number of nitrogens with zero attached hydrogens (tertiary/aromatic N) is 3. The molecule has 60 heavy (non-hydrogen) atoms. The van der Waals surface area contributed by atoms with Gasteiger partial charge in [-0.1, -0.05) is 136 Å². The fraction of sp³-hybridized carbons (Fsp3) is 0.143. The lowest BCUT2D eigenvalue weighted by Crippen LogP contribution is -2.11. The first-order chi connectivity index (χ1) is 28.9. The number of aromatic nitrogens is 3. The second kappa shape index (κ2) is 15.3. The molecule has 0 amide bonds. The van der Waals surface area contributed by atoms with Crippen molar-refractivity contribution >= 4 is 11.0 Å². The summed E-state index contributed by atoms with van der Waals surface area (Å²) in [7, 11) is 0. The molecule has 1 N–H and O–H groups in total. The Morgan fingerprint density at radius 3 is 1.87 bits per heavy atom. The molecule has 4 nitrogen and oxygen atoms in total. The standard InChI is InChI=1S/C56H49N3O/c1-35-21-23-39(24-22-35)42-25-26-57-50(33-42)44-30-43(31-45(32-44)56(5,6)7)46-19-14-20-51-53(46)58-55(49-28-36(2)27-38(4)54(49)60)59(51)52-34-47(40-15-10-8-11-16-40)37(3)29-48(52)41-17-12-9-13-18-41/h8-34,60H,1-7H3. The van der Waals surface area contributed by atoms with Crippen molar-refractivity contribution in [3.8, 4) is 78.6 Å². The van der Waals surface area contributed by atoms with E-state index in [1.165, 1.54) is 16.7 Å². The summed E-state index contributed by atoms with van der Waals surface area (Å²) in [6.45, 7) is 15.1. The molecule has 0 atom stereocenters. The quantitative estimate of drug-likeness (QED) is 0.175. The van der Waals surface area contributed by atoms with E-state index in [0.29, 0.717) is 11.4 Å². The number of hydrogen-bond donors (Lipinski definition) is 1. The highest BCUT2D eigenvalue weighted by Crippen LogP contribution is 2.44. The van der Waals surface area contributed by atoms with Crippen molar-refractivity contribution in [2.24, 2.45) is 0 Å². The van der Waals surface area contributed by atoms with Crippen LogP contribution < -0.4 is 0 Å². The van der Waals surface area contributed by atoms with Crippen LogP contribution in [0.1, 0.15) is 48.6 Å². The summed E-state index contributed by atoms with van der Waals surface area (Å²) >= 11 is 0. The molecular formula is C56H49N3O. The molecular weight excluding hydrogens is 731 g/mol. The van der Waals surface area contributed by atoms with Gasteiger partial charge in [-0.3, -0.25) is 9.55 Å². The van der Waals surface area contributed by atoms with Crippen LogP contribution in [0.4, 0.5) is 0 Å². The van der Waals surface area contributed by atoms with E-state index in [1.54, 1.807) is 0 Å². The maximum atomic E-state index is 11.9. The van der Waals surface area contributed by atoms with Crippen LogP contribution >= 0.6 is 0 Å². The van der Waals surface area contributed by atoms with Crippen LogP contribution in [-0.4, -0.2) is 19.6 Å². The van der Waals surface area contributed by atoms with Gasteiger partial charge >= 0.3 is 0 Å². The molecule has 0 unspecified atom stereocenters. The van der Waals surface area contributed by atoms with Gasteiger partial charge in [-0.2, -0.15) is 0 Å². The molecule has 0 saturated carbocycles. The number of rotatable bonds is 7. The van der Waals surface area contributed by atoms with Crippen LogP contribution in [0.15, 0.2) is 164 Å². The third-order valence-corrected chi connectivity index (χ3v) is 11.7. The third-order valence-electron chi connectivity index (χ3n) is 11.7. The molecule has 294 valence electrons. The van der Waals surface area contributed by atoms with E-state index in [9.17, 15) is 5.11 Å². The van der Waals surface area contributed by atoms with Crippen molar-refractivity contribution in [3.63, 3.8) is 0 Å². The largest absolute Gasteiger partial charge is 0.507 e. The number of benzene rings is 7. The van der Waals surface area contributed by atoms with Gasteiger partial charge in [0, 0.05) is 22.9 Å². The minimum atomic E-state index is -0.136. The molecule has 0 bridgehead atoms. The Labute approximate surface area is 353 Å². The fourth-order valence-corrected chi connectivity index (χ4v) is 8.42. The molecule has 0 aliphatic carbocycles. The molecule has 9 aromatic rings. The molecule has 0 aliphatic heterocycles. The number of hydrogen-bond acceptors (Lipinski definition) is 3. The number of fused-ring (bicyclic) bond motifs is 1. The monoisotopic (exact) mass is 779 g/mol. The zero-order valence-corrected chi connectivity index (χ0v) is 35.4. The number of imidazole rings is 1. The number of aromatic hydroxyl groups is 1. The average Bonchev–Trinajstić information content (AvgIpc) is 3.65. The predicted octanol–water partition coefficient (Wildman–Crippen LogP) is 14.7. The van der Waals surface area contributed by atoms with Gasteiger partial charge in [0.1, 0.15) is 11.6 Å². The number of para-hydroxylation sites is 1. The van der Waals surface area contributed by atoms with E-state index in [2.05, 4.69) is 198 Å². The summed E-state index contributed by atoms with van der Waals surface area (Å²) in [5.41, 5.74) is 19.6. The number of aryl methyl sites for hydroxylation is 4. The Balaban J connectivity index is 1.34. The van der Waals surface area contributed by atoms with Gasteiger partial charge in [-0.05, 0) is 137 Å². The van der Waals surface area contributed by atoms with Gasteiger partial charge in [-0.25, -0.2) is 4.98 Å². The number of pyridine rings is 1. The molecule has 7 aromatic carbocycles. The minimum absolute atomic E-state index is 0.136. The molecule has 0 aliphatic rings. The summed E-state index contributed by atoms with van der Waals surface area (Å²) < 4.78 is 2.27. The topological polar surface area (TPSA) is 50.9 Å². The second-order valence-electron chi connectivity index (χ2n) is 17.2. The normalized spacial score (nSPS) is 11.7. The molecule has 0 fully saturated rings. The van der Waals surface area contributed by atoms with E-state index >= 15 is 0 Å². The van der Waals surface area contributed by atoms with Crippen LogP contribution in [0.3, 0.4) is 0 Å². The van der Waals surface area contributed by atoms with E-state index < -0.39 is 0 Å². The lowest BCUT2D eigenvalue weighted by Gasteiger charge is -2.22. The third kappa shape index (κ3) is 7.20. The fourth-order valence-electron chi connectivity index (χ4n) is 8.42. The second-order valence-corrected chi connectivity index (χ2v) is 17.2. The van der Waals surface area contributed by atoms with Crippen molar-refractivity contribution in [1.29, 1.82) is 0 Å². The summed E-state index contributed by atoms with van der Waals surface area (Å²) in [5.74, 6) is 0.911. The smallest absolute Gasteiger partial charge is 0.149 e. The van der Waals surface area contributed by atoms with Crippen molar-refractivity contribution in [2.75, 3.05) is 0 Å². The van der Waals surface area contributed by atoms with E-state index in [1.807, 2.05) is 19.2 Å². The van der Waals surface area contributed by atoms with Crippen LogP contribution in [0.25, 0.3) is 83.9 Å². The molecule has 4 heteroatoms. The summed E-state index contributed by atoms with van der Waals surface area (Å²) in [4.78, 5) is 10.5. The minimum Gasteiger partial charge on any atom is -0.507 e. The van der Waals surface area contributed by atoms with Gasteiger partial charge in [0.05, 0.1) is 28.0 Å². The first-order valence-electron chi connectivity index (χ1n) is 20.7. The van der Waals surface area contributed by atoms with Crippen molar-refractivity contribution in [3.05, 3.63) is 192 Å². The van der Waals surface area contributed by atoms with Gasteiger partial charge in [0.25, 0.3) is 0 Å². The highest BCUT2D eigenvalue weighted by molar-refractivity contribution is 5.98. The van der Waals surface area contributed by atoms with Crippen LogP contribution in [0.2, 0.25) is 0 Å². The van der Waals surface area contributed by atoms with Crippen molar-refractivity contribution < 1.29 is 5.11 Å². The molecule has 2 aromatic heterocycles. The van der Waals surface area contributed by atoms with E-state index in [-0.39, 0.29) is 11.2 Å². The summed E-state index contributed by atoms with van der Waals surface area (Å²) in [6.07, 6.45) is 1.91. The Kier molecular flexibility index (Phi) is 9.80. The first kappa shape index (κ1) is 38.5. The molecule has 0 saturated heterocycles. The highest BCUT2D eigenvalue weighted by atomic mass is 16.3. The summed E-state index contributed by atoms with van der Waals surface area (Å²) in [5, 5.41) is 11.9. The molecule has 2 heterocycles. The summed E-state index contributed by atoms with van der Waals surface area (Å²) in [6, 6.07) is 56.1. The molecule has 0 radical (unpaired) electrons. The SMILES string of the molecule is Cc1ccc(-c2ccnc(-c3cc(-c4cccc5c4nc(-c4cc(C)cc(C)c4O)n5-c4cc(-c5ccccc5)c(C)cc4-c4ccccc4)cc(C(C)(C)C)c3)c2)cc1. The molecule has 9 rings (SSSR count). The molecule has 0 spiro atoms. The van der Waals surface area contributed by atoms with Crippen molar-refractivity contribution in [1.82, 2.24) is 14.5 Å². The van der Waals surface area contributed by atoms with Gasteiger partial charge in [0.2, 0.25) is 0 Å². The highest BCUT2D eigenvalue weighted by Gasteiger charge is 2.25. The Hall–Kier alpha value is -7.04. The first-order valence-corrected chi connectivity index (χ1v) is 20.7. The zero-order valence-electron chi connectivity index (χ0n) is 35.4. The lowest BCUT2D eigenvalue weighted by molar-refractivity contribution is 0.472. The van der Waals surface area contributed by atoms with Crippen molar-refractivity contribution in [2.45, 2.75) is 53.9 Å².